The Labute approximate surface area is 182 Å². The first-order chi connectivity index (χ1) is 14.8. The third-order valence-electron chi connectivity index (χ3n) is 4.61. The summed E-state index contributed by atoms with van der Waals surface area (Å²) >= 11 is 1.33. The summed E-state index contributed by atoms with van der Waals surface area (Å²) in [5.74, 6) is 1.24. The zero-order valence-electron chi connectivity index (χ0n) is 17.1. The number of carbonyl (C=O) groups excluding carboxylic acids is 1. The van der Waals surface area contributed by atoms with Crippen LogP contribution >= 0.6 is 11.8 Å². The minimum Gasteiger partial charge on any atom is -0.461 e. The highest BCUT2D eigenvalue weighted by atomic mass is 32.2. The Balaban J connectivity index is 1.80. The molecule has 31 heavy (non-hydrogen) atoms. The Morgan fingerprint density at radius 3 is 2.74 bits per heavy atom. The molecule has 0 fully saturated rings. The van der Waals surface area contributed by atoms with Gasteiger partial charge in [-0.25, -0.2) is 0 Å². The molecule has 2 heterocycles. The topological polar surface area (TPSA) is 73.0 Å². The Morgan fingerprint density at radius 1 is 1.26 bits per heavy atom. The maximum absolute atomic E-state index is 13.2. The number of aromatic nitrogens is 3. The van der Waals surface area contributed by atoms with Crippen LogP contribution in [0.15, 0.2) is 52.2 Å². The predicted octanol–water partition coefficient (Wildman–Crippen LogP) is 5.33. The highest BCUT2D eigenvalue weighted by Crippen LogP contribution is 2.33. The summed E-state index contributed by atoms with van der Waals surface area (Å²) in [5, 5.41) is 11.6. The highest BCUT2D eigenvalue weighted by molar-refractivity contribution is 7.99. The van der Waals surface area contributed by atoms with Crippen LogP contribution in [0, 0.1) is 0 Å². The van der Waals surface area contributed by atoms with Gasteiger partial charge in [0.1, 0.15) is 0 Å². The first-order valence-electron chi connectivity index (χ1n) is 9.88. The van der Waals surface area contributed by atoms with Crippen LogP contribution in [0.5, 0.6) is 0 Å². The standard InChI is InChI=1S/C21H23F3N4O2S/c1-3-14(2)25-18(29)10-6-12-31-20-27-26-19(17-9-5-11-30-17)28(20)16-8-4-7-15(13-16)21(22,23)24/h4-5,7-9,11,13-14H,3,6,10,12H2,1-2H3,(H,25,29). The van der Waals surface area contributed by atoms with Gasteiger partial charge in [-0.2, -0.15) is 13.2 Å². The summed E-state index contributed by atoms with van der Waals surface area (Å²) in [6, 6.07) is 8.44. The number of thioether (sulfide) groups is 1. The molecule has 0 saturated carbocycles. The molecule has 1 N–H and O–H groups in total. The second-order valence-corrected chi connectivity index (χ2v) is 8.06. The minimum atomic E-state index is -4.47. The average molecular weight is 453 g/mol. The van der Waals surface area contributed by atoms with Gasteiger partial charge in [-0.1, -0.05) is 24.8 Å². The number of halogens is 3. The smallest absolute Gasteiger partial charge is 0.416 e. The van der Waals surface area contributed by atoms with Crippen molar-refractivity contribution in [2.45, 2.75) is 50.5 Å². The molecule has 166 valence electrons. The van der Waals surface area contributed by atoms with Crippen LogP contribution in [-0.4, -0.2) is 32.5 Å². The van der Waals surface area contributed by atoms with Crippen molar-refractivity contribution < 1.29 is 22.4 Å². The molecule has 2 aromatic heterocycles. The number of amides is 1. The predicted molar refractivity (Wildman–Crippen MR) is 112 cm³/mol. The van der Waals surface area contributed by atoms with E-state index in [1.54, 1.807) is 18.2 Å². The largest absolute Gasteiger partial charge is 0.461 e. The van der Waals surface area contributed by atoms with Crippen molar-refractivity contribution in [1.82, 2.24) is 20.1 Å². The van der Waals surface area contributed by atoms with Crippen molar-refractivity contribution in [1.29, 1.82) is 0 Å². The molecular weight excluding hydrogens is 429 g/mol. The fourth-order valence-electron chi connectivity index (χ4n) is 2.83. The summed E-state index contributed by atoms with van der Waals surface area (Å²) in [6.45, 7) is 3.94. The Bertz CT molecular complexity index is 1000. The number of hydrogen-bond acceptors (Lipinski definition) is 5. The maximum atomic E-state index is 13.2. The molecule has 3 rings (SSSR count). The summed E-state index contributed by atoms with van der Waals surface area (Å²) in [6.07, 6.45) is -1.19. The lowest BCUT2D eigenvalue weighted by molar-refractivity contribution is -0.137. The number of benzene rings is 1. The third kappa shape index (κ3) is 5.90. The molecule has 3 aromatic rings. The molecule has 0 aliphatic heterocycles. The van der Waals surface area contributed by atoms with E-state index in [2.05, 4.69) is 15.5 Å². The molecule has 6 nitrogen and oxygen atoms in total. The molecule has 10 heteroatoms. The molecule has 0 spiro atoms. The number of rotatable bonds is 9. The zero-order valence-corrected chi connectivity index (χ0v) is 18.0. The van der Waals surface area contributed by atoms with Gasteiger partial charge in [0, 0.05) is 18.2 Å². The molecule has 1 amide bonds. The molecule has 0 radical (unpaired) electrons. The van der Waals surface area contributed by atoms with Crippen molar-refractivity contribution in [3.63, 3.8) is 0 Å². The van der Waals surface area contributed by atoms with Gasteiger partial charge >= 0.3 is 6.18 Å². The van der Waals surface area contributed by atoms with Crippen LogP contribution in [0.4, 0.5) is 13.2 Å². The quantitative estimate of drug-likeness (QED) is 0.351. The van der Waals surface area contributed by atoms with Gasteiger partial charge in [-0.05, 0) is 50.1 Å². The fourth-order valence-corrected chi connectivity index (χ4v) is 3.72. The van der Waals surface area contributed by atoms with E-state index in [1.165, 1.54) is 28.7 Å². The summed E-state index contributed by atoms with van der Waals surface area (Å²) in [5.41, 5.74) is -0.481. The van der Waals surface area contributed by atoms with Crippen molar-refractivity contribution in [3.05, 3.63) is 48.2 Å². The number of nitrogens with zero attached hydrogens (tertiary/aromatic N) is 3. The van der Waals surface area contributed by atoms with Gasteiger partial charge in [0.25, 0.3) is 0 Å². The van der Waals surface area contributed by atoms with E-state index in [4.69, 9.17) is 4.42 Å². The number of carbonyl (C=O) groups is 1. The van der Waals surface area contributed by atoms with Crippen LogP contribution in [-0.2, 0) is 11.0 Å². The summed E-state index contributed by atoms with van der Waals surface area (Å²) in [4.78, 5) is 11.9. The van der Waals surface area contributed by atoms with Crippen LogP contribution in [0.3, 0.4) is 0 Å². The van der Waals surface area contributed by atoms with E-state index >= 15 is 0 Å². The van der Waals surface area contributed by atoms with Crippen LogP contribution < -0.4 is 5.32 Å². The SMILES string of the molecule is CCC(C)NC(=O)CCCSc1nnc(-c2ccco2)n1-c1cccc(C(F)(F)F)c1. The number of nitrogens with one attached hydrogen (secondary N) is 1. The number of hydrogen-bond donors (Lipinski definition) is 1. The first-order valence-corrected chi connectivity index (χ1v) is 10.9. The molecule has 0 bridgehead atoms. The van der Waals surface area contributed by atoms with Crippen LogP contribution in [0.1, 0.15) is 38.7 Å². The maximum Gasteiger partial charge on any atom is 0.416 e. The summed E-state index contributed by atoms with van der Waals surface area (Å²) in [7, 11) is 0. The lowest BCUT2D eigenvalue weighted by Crippen LogP contribution is -2.31. The van der Waals surface area contributed by atoms with Gasteiger partial charge in [0.15, 0.2) is 10.9 Å². The van der Waals surface area contributed by atoms with Gasteiger partial charge in [-0.3, -0.25) is 9.36 Å². The van der Waals surface area contributed by atoms with Crippen LogP contribution in [0.2, 0.25) is 0 Å². The molecule has 0 saturated heterocycles. The first kappa shape index (κ1) is 22.9. The molecule has 1 atom stereocenters. The van der Waals surface area contributed by atoms with E-state index in [-0.39, 0.29) is 17.6 Å². The van der Waals surface area contributed by atoms with E-state index in [0.29, 0.717) is 35.3 Å². The Kier molecular flexibility index (Phi) is 7.42. The van der Waals surface area contributed by atoms with E-state index in [9.17, 15) is 18.0 Å². The molecule has 0 aliphatic rings. The van der Waals surface area contributed by atoms with Gasteiger partial charge < -0.3 is 9.73 Å². The molecule has 1 aromatic carbocycles. The zero-order chi connectivity index (χ0) is 22.4. The lowest BCUT2D eigenvalue weighted by Gasteiger charge is -2.13. The monoisotopic (exact) mass is 452 g/mol. The number of alkyl halides is 3. The summed E-state index contributed by atoms with van der Waals surface area (Å²) < 4.78 is 46.6. The second-order valence-electron chi connectivity index (χ2n) is 7.00. The molecular formula is C21H23F3N4O2S. The van der Waals surface area contributed by atoms with Gasteiger partial charge in [0.05, 0.1) is 17.5 Å². The Hall–Kier alpha value is -2.75. The van der Waals surface area contributed by atoms with Gasteiger partial charge in [0.2, 0.25) is 11.7 Å². The van der Waals surface area contributed by atoms with Crippen molar-refractivity contribution >= 4 is 17.7 Å². The van der Waals surface area contributed by atoms with E-state index < -0.39 is 11.7 Å². The Morgan fingerprint density at radius 2 is 2.06 bits per heavy atom. The normalized spacial score (nSPS) is 12.7. The highest BCUT2D eigenvalue weighted by Gasteiger charge is 2.31. The van der Waals surface area contributed by atoms with Crippen molar-refractivity contribution in [2.75, 3.05) is 5.75 Å². The van der Waals surface area contributed by atoms with E-state index in [1.807, 2.05) is 13.8 Å². The van der Waals surface area contributed by atoms with Crippen molar-refractivity contribution in [3.8, 4) is 17.3 Å². The minimum absolute atomic E-state index is 0.0226. The number of furan rings is 1. The fraction of sp³-hybridized carbons (Fsp3) is 0.381. The molecule has 0 aliphatic carbocycles. The van der Waals surface area contributed by atoms with Crippen molar-refractivity contribution in [2.24, 2.45) is 0 Å². The van der Waals surface area contributed by atoms with Crippen LogP contribution in [0.25, 0.3) is 17.3 Å². The average Bonchev–Trinajstić information content (AvgIpc) is 3.40. The van der Waals surface area contributed by atoms with Gasteiger partial charge in [-0.15, -0.1) is 10.2 Å². The third-order valence-corrected chi connectivity index (χ3v) is 5.62. The molecule has 1 unspecified atom stereocenters. The van der Waals surface area contributed by atoms with E-state index in [0.717, 1.165) is 18.6 Å². The lowest BCUT2D eigenvalue weighted by atomic mass is 10.2. The second kappa shape index (κ2) is 10.0.